The molecule has 0 saturated heterocycles. The summed E-state index contributed by atoms with van der Waals surface area (Å²) in [7, 11) is 0. The molecule has 33 heavy (non-hydrogen) atoms. The van der Waals surface area contributed by atoms with E-state index in [0.29, 0.717) is 0 Å². The van der Waals surface area contributed by atoms with Crippen LogP contribution in [0, 0.1) is 10.1 Å². The fraction of sp³-hybridized carbons (Fsp3) is 0.450. The van der Waals surface area contributed by atoms with Crippen molar-refractivity contribution in [1.82, 2.24) is 15.1 Å². The van der Waals surface area contributed by atoms with Gasteiger partial charge in [0.1, 0.15) is 11.6 Å². The number of rotatable bonds is 8. The first-order valence-electron chi connectivity index (χ1n) is 9.71. The molecule has 0 radical (unpaired) electrons. The molecule has 1 atom stereocenters. The monoisotopic (exact) mass is 472 g/mol. The smallest absolute Gasteiger partial charge is 0.422 e. The molecule has 0 fully saturated rings. The molecule has 10 nitrogen and oxygen atoms in total. The summed E-state index contributed by atoms with van der Waals surface area (Å²) >= 11 is 0. The summed E-state index contributed by atoms with van der Waals surface area (Å²) in [5, 5.41) is 17.5. The summed E-state index contributed by atoms with van der Waals surface area (Å²) < 4.78 is 48.0. The Bertz CT molecular complexity index is 986. The Hall–Kier alpha value is -3.64. The van der Waals surface area contributed by atoms with E-state index in [-0.39, 0.29) is 12.1 Å². The molecule has 1 unspecified atom stereocenters. The molecule has 1 N–H and O–H groups in total. The number of alkyl halides is 3. The summed E-state index contributed by atoms with van der Waals surface area (Å²) in [6.45, 7) is 2.92. The molecular weight excluding hydrogens is 449 g/mol. The van der Waals surface area contributed by atoms with Gasteiger partial charge in [-0.05, 0) is 31.3 Å². The molecule has 0 aliphatic carbocycles. The highest BCUT2D eigenvalue weighted by molar-refractivity contribution is 5.82. The van der Waals surface area contributed by atoms with Gasteiger partial charge in [-0.25, -0.2) is 9.59 Å². The van der Waals surface area contributed by atoms with Crippen LogP contribution in [0.25, 0.3) is 0 Å². The number of benzene rings is 1. The number of halogens is 3. The minimum atomic E-state index is -4.79. The van der Waals surface area contributed by atoms with Crippen LogP contribution < -0.4 is 5.32 Å². The maximum Gasteiger partial charge on any atom is 0.422 e. The number of hydrogen-bond acceptors (Lipinski definition) is 7. The Balaban J connectivity index is 2.27. The van der Waals surface area contributed by atoms with E-state index in [1.54, 1.807) is 51.1 Å². The number of ether oxygens (including phenoxy) is 2. The van der Waals surface area contributed by atoms with E-state index in [2.05, 4.69) is 15.2 Å². The second kappa shape index (κ2) is 10.3. The van der Waals surface area contributed by atoms with E-state index in [9.17, 15) is 32.9 Å². The fourth-order valence-corrected chi connectivity index (χ4v) is 2.72. The van der Waals surface area contributed by atoms with E-state index in [0.717, 1.165) is 5.56 Å². The predicted octanol–water partition coefficient (Wildman–Crippen LogP) is 3.38. The summed E-state index contributed by atoms with van der Waals surface area (Å²) in [5.74, 6) is -2.03. The number of carbonyl (C=O) groups is 2. The highest BCUT2D eigenvalue weighted by Gasteiger charge is 2.34. The first-order valence-corrected chi connectivity index (χ1v) is 9.71. The van der Waals surface area contributed by atoms with Crippen LogP contribution in [0.4, 0.5) is 23.8 Å². The predicted molar refractivity (Wildman–Crippen MR) is 108 cm³/mol. The van der Waals surface area contributed by atoms with Crippen LogP contribution in [0.5, 0.6) is 0 Å². The van der Waals surface area contributed by atoms with Crippen molar-refractivity contribution in [3.05, 3.63) is 57.8 Å². The van der Waals surface area contributed by atoms with Crippen molar-refractivity contribution in [2.75, 3.05) is 6.61 Å². The van der Waals surface area contributed by atoms with Crippen molar-refractivity contribution >= 4 is 17.9 Å². The number of amides is 1. The first-order chi connectivity index (χ1) is 15.2. The molecule has 2 aromatic rings. The lowest BCUT2D eigenvalue weighted by atomic mass is 10.1. The summed E-state index contributed by atoms with van der Waals surface area (Å²) in [4.78, 5) is 35.1. The number of carbonyl (C=O) groups excluding carboxylic acids is 2. The topological polar surface area (TPSA) is 126 Å². The molecule has 180 valence electrons. The zero-order chi connectivity index (χ0) is 24.8. The molecule has 1 amide bonds. The van der Waals surface area contributed by atoms with Crippen LogP contribution in [-0.4, -0.2) is 51.2 Å². The molecule has 0 spiro atoms. The minimum absolute atomic E-state index is 0.0825. The van der Waals surface area contributed by atoms with Gasteiger partial charge in [-0.1, -0.05) is 30.3 Å². The number of nitrogens with one attached hydrogen (secondary N) is 1. The number of nitro groups is 1. The summed E-state index contributed by atoms with van der Waals surface area (Å²) in [6.07, 6.45) is -5.15. The number of alkyl carbamates (subject to hydrolysis) is 1. The van der Waals surface area contributed by atoms with Crippen molar-refractivity contribution in [2.45, 2.75) is 51.6 Å². The molecule has 13 heteroatoms. The Morgan fingerprint density at radius 2 is 1.85 bits per heavy atom. The third-order valence-corrected chi connectivity index (χ3v) is 3.95. The van der Waals surface area contributed by atoms with Crippen molar-refractivity contribution in [3.8, 4) is 0 Å². The number of nitrogens with zero attached hydrogens (tertiary/aromatic N) is 3. The van der Waals surface area contributed by atoms with E-state index in [1.807, 2.05) is 0 Å². The van der Waals surface area contributed by atoms with Gasteiger partial charge in [-0.2, -0.15) is 17.9 Å². The SMILES string of the molecule is CC(C)(C)OC(=O)NC(Cc1cn(Cc2ccccc2)nc1[N+](=O)[O-])C(=O)OCC(F)(F)F. The Kier molecular flexibility index (Phi) is 8.01. The molecule has 0 aliphatic rings. The van der Waals surface area contributed by atoms with E-state index >= 15 is 0 Å². The average molecular weight is 472 g/mol. The normalized spacial score (nSPS) is 12.7. The number of aromatic nitrogens is 2. The van der Waals surface area contributed by atoms with Crippen LogP contribution in [0.2, 0.25) is 0 Å². The molecular formula is C20H23F3N4O6. The zero-order valence-electron chi connectivity index (χ0n) is 18.1. The van der Waals surface area contributed by atoms with Crippen LogP contribution in [0.15, 0.2) is 36.5 Å². The van der Waals surface area contributed by atoms with E-state index in [4.69, 9.17) is 4.74 Å². The van der Waals surface area contributed by atoms with Crippen LogP contribution in [-0.2, 0) is 27.2 Å². The molecule has 1 aromatic carbocycles. The number of esters is 1. The molecule has 0 aliphatic heterocycles. The van der Waals surface area contributed by atoms with Crippen LogP contribution >= 0.6 is 0 Å². The molecule has 1 heterocycles. The third kappa shape index (κ3) is 8.79. The van der Waals surface area contributed by atoms with Crippen molar-refractivity contribution < 1.29 is 37.2 Å². The Morgan fingerprint density at radius 1 is 1.21 bits per heavy atom. The van der Waals surface area contributed by atoms with Crippen molar-refractivity contribution in [1.29, 1.82) is 0 Å². The lowest BCUT2D eigenvalue weighted by molar-refractivity contribution is -0.390. The largest absolute Gasteiger partial charge is 0.454 e. The van der Waals surface area contributed by atoms with Crippen molar-refractivity contribution in [3.63, 3.8) is 0 Å². The highest BCUT2D eigenvalue weighted by atomic mass is 19.4. The average Bonchev–Trinajstić information content (AvgIpc) is 3.07. The first kappa shape index (κ1) is 25.6. The highest BCUT2D eigenvalue weighted by Crippen LogP contribution is 2.21. The maximum absolute atomic E-state index is 12.5. The van der Waals surface area contributed by atoms with Gasteiger partial charge < -0.3 is 24.9 Å². The molecule has 0 bridgehead atoms. The standard InChI is InChI=1S/C20H23F3N4O6/c1-19(2,3)33-18(29)24-15(17(28)32-12-20(21,22)23)9-14-11-26(25-16(14)27(30)31)10-13-7-5-4-6-8-13/h4-8,11,15H,9-10,12H2,1-3H3,(H,24,29). The van der Waals surface area contributed by atoms with Crippen LogP contribution in [0.1, 0.15) is 31.9 Å². The maximum atomic E-state index is 12.5. The molecule has 2 rings (SSSR count). The fourth-order valence-electron chi connectivity index (χ4n) is 2.72. The van der Waals surface area contributed by atoms with Crippen molar-refractivity contribution in [2.24, 2.45) is 0 Å². The second-order valence-electron chi connectivity index (χ2n) is 8.04. The second-order valence-corrected chi connectivity index (χ2v) is 8.04. The van der Waals surface area contributed by atoms with Gasteiger partial charge in [0.25, 0.3) is 0 Å². The molecule has 0 saturated carbocycles. The van der Waals surface area contributed by atoms with Gasteiger partial charge in [0.15, 0.2) is 6.61 Å². The zero-order valence-corrected chi connectivity index (χ0v) is 18.1. The lowest BCUT2D eigenvalue weighted by Crippen LogP contribution is -2.46. The Labute approximate surface area is 186 Å². The summed E-state index contributed by atoms with van der Waals surface area (Å²) in [6, 6.07) is 7.19. The number of hydrogen-bond donors (Lipinski definition) is 1. The van der Waals surface area contributed by atoms with E-state index in [1.165, 1.54) is 10.9 Å². The van der Waals surface area contributed by atoms with E-state index < -0.39 is 53.7 Å². The molecule has 1 aromatic heterocycles. The van der Waals surface area contributed by atoms with Gasteiger partial charge >= 0.3 is 24.1 Å². The quantitative estimate of drug-likeness (QED) is 0.355. The van der Waals surface area contributed by atoms with Gasteiger partial charge in [0.05, 0.1) is 23.4 Å². The van der Waals surface area contributed by atoms with Gasteiger partial charge in [0.2, 0.25) is 0 Å². The summed E-state index contributed by atoms with van der Waals surface area (Å²) in [5.41, 5.74) is -0.257. The van der Waals surface area contributed by atoms with Gasteiger partial charge in [-0.15, -0.1) is 0 Å². The third-order valence-electron chi connectivity index (χ3n) is 3.95. The minimum Gasteiger partial charge on any atom is -0.454 e. The van der Waals surface area contributed by atoms with Gasteiger partial charge in [-0.3, -0.25) is 0 Å². The Morgan fingerprint density at radius 3 is 2.39 bits per heavy atom. The lowest BCUT2D eigenvalue weighted by Gasteiger charge is -2.22. The van der Waals surface area contributed by atoms with Gasteiger partial charge in [0, 0.05) is 6.42 Å². The van der Waals surface area contributed by atoms with Crippen LogP contribution in [0.3, 0.4) is 0 Å².